The fourth-order valence-electron chi connectivity index (χ4n) is 1.02. The van der Waals surface area contributed by atoms with E-state index in [4.69, 9.17) is 0 Å². The van der Waals surface area contributed by atoms with Crippen molar-refractivity contribution >= 4 is 22.1 Å². The van der Waals surface area contributed by atoms with E-state index in [1.165, 1.54) is 5.56 Å². The van der Waals surface area contributed by atoms with Gasteiger partial charge in [-0.3, -0.25) is 4.99 Å². The van der Waals surface area contributed by atoms with Crippen molar-refractivity contribution in [3.05, 3.63) is 35.4 Å². The van der Waals surface area contributed by atoms with Gasteiger partial charge in [0.2, 0.25) is 0 Å². The van der Waals surface area contributed by atoms with E-state index in [1.807, 2.05) is 6.21 Å². The van der Waals surface area contributed by atoms with Crippen molar-refractivity contribution in [2.45, 2.75) is 25.1 Å². The number of benzene rings is 1. The summed E-state index contributed by atoms with van der Waals surface area (Å²) in [5.74, 6) is 0. The molecule has 0 bridgehead atoms. The van der Waals surface area contributed by atoms with Crippen LogP contribution in [0.1, 0.15) is 25.0 Å². The number of hydrogen-bond donors (Lipinski definition) is 0. The zero-order valence-corrected chi connectivity index (χ0v) is 10.5. The molecular weight excluding hydrogens is 238 g/mol. The fourth-order valence-corrected chi connectivity index (χ4v) is 1.17. The molecule has 0 heterocycles. The molecule has 0 saturated carbocycles. The number of hydrogen-bond acceptors (Lipinski definition) is 1. The molecular formula is C12H16BrN. The standard InChI is InChI=1S/C12H16BrN/c1-10-4-6-11(7-5-10)8-14-9-12(2,3)13/h4-8H,9H2,1-3H3. The summed E-state index contributed by atoms with van der Waals surface area (Å²) in [4.78, 5) is 4.37. The summed E-state index contributed by atoms with van der Waals surface area (Å²) in [5, 5.41) is 0. The molecule has 0 atom stereocenters. The maximum absolute atomic E-state index is 4.37. The molecule has 0 amide bonds. The maximum Gasteiger partial charge on any atom is 0.0537 e. The smallest absolute Gasteiger partial charge is 0.0537 e. The number of alkyl halides is 1. The number of aryl methyl sites for hydroxylation is 1. The molecule has 0 unspecified atom stereocenters. The van der Waals surface area contributed by atoms with Crippen molar-refractivity contribution in [2.75, 3.05) is 6.54 Å². The summed E-state index contributed by atoms with van der Waals surface area (Å²) in [7, 11) is 0. The first-order valence-electron chi connectivity index (χ1n) is 4.73. The van der Waals surface area contributed by atoms with Gasteiger partial charge in [0.05, 0.1) is 6.54 Å². The van der Waals surface area contributed by atoms with E-state index in [0.717, 1.165) is 12.1 Å². The van der Waals surface area contributed by atoms with Crippen molar-refractivity contribution in [3.63, 3.8) is 0 Å². The first kappa shape index (κ1) is 11.4. The Kier molecular flexibility index (Phi) is 3.87. The van der Waals surface area contributed by atoms with E-state index in [2.05, 4.69) is 66.0 Å². The first-order chi connectivity index (χ1) is 6.47. The van der Waals surface area contributed by atoms with Crippen LogP contribution in [0.3, 0.4) is 0 Å². The Morgan fingerprint density at radius 2 is 1.86 bits per heavy atom. The molecule has 0 saturated heterocycles. The van der Waals surface area contributed by atoms with Gasteiger partial charge in [-0.15, -0.1) is 0 Å². The minimum atomic E-state index is 0.0915. The molecule has 0 radical (unpaired) electrons. The Morgan fingerprint density at radius 3 is 2.36 bits per heavy atom. The van der Waals surface area contributed by atoms with E-state index in [-0.39, 0.29) is 4.32 Å². The molecule has 1 rings (SSSR count). The molecule has 1 nitrogen and oxygen atoms in total. The predicted octanol–water partition coefficient (Wildman–Crippen LogP) is 3.59. The van der Waals surface area contributed by atoms with E-state index in [9.17, 15) is 0 Å². The largest absolute Gasteiger partial charge is 0.291 e. The zero-order chi connectivity index (χ0) is 10.6. The van der Waals surface area contributed by atoms with Crippen LogP contribution in [0.4, 0.5) is 0 Å². The minimum absolute atomic E-state index is 0.0915. The summed E-state index contributed by atoms with van der Waals surface area (Å²) in [6.07, 6.45) is 1.92. The Hall–Kier alpha value is -0.630. The highest BCUT2D eigenvalue weighted by molar-refractivity contribution is 9.10. The number of aliphatic imine (C=N–C) groups is 1. The van der Waals surface area contributed by atoms with Gasteiger partial charge in [0, 0.05) is 10.5 Å². The van der Waals surface area contributed by atoms with Crippen LogP contribution in [0.25, 0.3) is 0 Å². The Bertz CT molecular complexity index is 306. The first-order valence-corrected chi connectivity index (χ1v) is 5.52. The fraction of sp³-hybridized carbons (Fsp3) is 0.417. The predicted molar refractivity (Wildman–Crippen MR) is 66.6 cm³/mol. The average molecular weight is 254 g/mol. The van der Waals surface area contributed by atoms with Gasteiger partial charge in [0.15, 0.2) is 0 Å². The van der Waals surface area contributed by atoms with Gasteiger partial charge in [-0.2, -0.15) is 0 Å². The van der Waals surface area contributed by atoms with Gasteiger partial charge in [-0.05, 0) is 26.3 Å². The Balaban J connectivity index is 2.57. The van der Waals surface area contributed by atoms with Crippen LogP contribution >= 0.6 is 15.9 Å². The lowest BCUT2D eigenvalue weighted by Gasteiger charge is -2.11. The molecule has 0 spiro atoms. The molecule has 14 heavy (non-hydrogen) atoms. The topological polar surface area (TPSA) is 12.4 Å². The number of nitrogens with zero attached hydrogens (tertiary/aromatic N) is 1. The molecule has 2 heteroatoms. The van der Waals surface area contributed by atoms with Gasteiger partial charge in [0.1, 0.15) is 0 Å². The van der Waals surface area contributed by atoms with Crippen LogP contribution in [0.15, 0.2) is 29.3 Å². The van der Waals surface area contributed by atoms with Crippen LogP contribution in [0.5, 0.6) is 0 Å². The number of halogens is 1. The van der Waals surface area contributed by atoms with E-state index >= 15 is 0 Å². The maximum atomic E-state index is 4.37. The van der Waals surface area contributed by atoms with Crippen LogP contribution in [-0.2, 0) is 0 Å². The summed E-state index contributed by atoms with van der Waals surface area (Å²) in [5.41, 5.74) is 2.44. The Morgan fingerprint density at radius 1 is 1.29 bits per heavy atom. The van der Waals surface area contributed by atoms with Crippen molar-refractivity contribution in [1.82, 2.24) is 0 Å². The van der Waals surface area contributed by atoms with E-state index in [0.29, 0.717) is 0 Å². The zero-order valence-electron chi connectivity index (χ0n) is 8.92. The highest BCUT2D eigenvalue weighted by atomic mass is 79.9. The van der Waals surface area contributed by atoms with Crippen LogP contribution in [0, 0.1) is 6.92 Å². The second-order valence-electron chi connectivity index (χ2n) is 4.10. The molecule has 0 N–H and O–H groups in total. The van der Waals surface area contributed by atoms with Crippen LogP contribution < -0.4 is 0 Å². The molecule has 76 valence electrons. The van der Waals surface area contributed by atoms with Crippen LogP contribution in [0.2, 0.25) is 0 Å². The van der Waals surface area contributed by atoms with E-state index in [1.54, 1.807) is 0 Å². The summed E-state index contributed by atoms with van der Waals surface area (Å²) < 4.78 is 0.0915. The molecule has 0 aliphatic carbocycles. The molecule has 0 aromatic heterocycles. The van der Waals surface area contributed by atoms with Crippen LogP contribution in [-0.4, -0.2) is 17.1 Å². The van der Waals surface area contributed by atoms with Gasteiger partial charge >= 0.3 is 0 Å². The third-order valence-electron chi connectivity index (χ3n) is 1.78. The highest BCUT2D eigenvalue weighted by Crippen LogP contribution is 2.15. The molecule has 0 fully saturated rings. The highest BCUT2D eigenvalue weighted by Gasteiger charge is 2.09. The van der Waals surface area contributed by atoms with Crippen molar-refractivity contribution in [1.29, 1.82) is 0 Å². The lowest BCUT2D eigenvalue weighted by molar-refractivity contribution is 0.743. The summed E-state index contributed by atoms with van der Waals surface area (Å²) >= 11 is 3.55. The van der Waals surface area contributed by atoms with Crippen molar-refractivity contribution in [3.8, 4) is 0 Å². The van der Waals surface area contributed by atoms with Gasteiger partial charge < -0.3 is 0 Å². The lowest BCUT2D eigenvalue weighted by atomic mass is 10.2. The van der Waals surface area contributed by atoms with Crippen molar-refractivity contribution in [2.24, 2.45) is 4.99 Å². The lowest BCUT2D eigenvalue weighted by Crippen LogP contribution is -2.13. The third kappa shape index (κ3) is 4.56. The van der Waals surface area contributed by atoms with Gasteiger partial charge in [0.25, 0.3) is 0 Å². The Labute approximate surface area is 94.4 Å². The number of rotatable bonds is 3. The van der Waals surface area contributed by atoms with Gasteiger partial charge in [-0.1, -0.05) is 45.8 Å². The monoisotopic (exact) mass is 253 g/mol. The minimum Gasteiger partial charge on any atom is -0.291 e. The second kappa shape index (κ2) is 4.74. The SMILES string of the molecule is Cc1ccc(C=NCC(C)(C)Br)cc1. The van der Waals surface area contributed by atoms with E-state index < -0.39 is 0 Å². The quantitative estimate of drug-likeness (QED) is 0.577. The van der Waals surface area contributed by atoms with Crippen molar-refractivity contribution < 1.29 is 0 Å². The van der Waals surface area contributed by atoms with Gasteiger partial charge in [-0.25, -0.2) is 0 Å². The second-order valence-corrected chi connectivity index (χ2v) is 6.25. The molecule has 1 aromatic rings. The summed E-state index contributed by atoms with van der Waals surface area (Å²) in [6, 6.07) is 8.36. The summed E-state index contributed by atoms with van der Waals surface area (Å²) in [6.45, 7) is 7.10. The normalized spacial score (nSPS) is 12.3. The molecule has 1 aromatic carbocycles. The molecule has 0 aliphatic heterocycles. The molecule has 0 aliphatic rings. The average Bonchev–Trinajstić information content (AvgIpc) is 2.06. The third-order valence-corrected chi connectivity index (χ3v) is 2.04.